The first-order valence-corrected chi connectivity index (χ1v) is 9.45. The Bertz CT molecular complexity index is 1210. The lowest BCUT2D eigenvalue weighted by Crippen LogP contribution is -2.23. The predicted molar refractivity (Wildman–Crippen MR) is 114 cm³/mol. The van der Waals surface area contributed by atoms with E-state index in [9.17, 15) is 14.9 Å². The molecule has 1 amide bonds. The lowest BCUT2D eigenvalue weighted by atomic mass is 9.97. The average molecular weight is 421 g/mol. The van der Waals surface area contributed by atoms with Crippen molar-refractivity contribution in [1.29, 1.82) is 0 Å². The van der Waals surface area contributed by atoms with E-state index in [-0.39, 0.29) is 24.0 Å². The molecule has 4 rings (SSSR count). The summed E-state index contributed by atoms with van der Waals surface area (Å²) in [6.07, 6.45) is 1.22. The number of hydrogen-bond acceptors (Lipinski definition) is 7. The van der Waals surface area contributed by atoms with Gasteiger partial charge in [0.15, 0.2) is 11.5 Å². The Morgan fingerprint density at radius 3 is 2.61 bits per heavy atom. The van der Waals surface area contributed by atoms with Gasteiger partial charge in [-0.05, 0) is 41.5 Å². The fourth-order valence-electron chi connectivity index (χ4n) is 3.26. The Morgan fingerprint density at radius 1 is 1.16 bits per heavy atom. The van der Waals surface area contributed by atoms with Crippen LogP contribution in [0.25, 0.3) is 10.8 Å². The van der Waals surface area contributed by atoms with Crippen LogP contribution in [0.15, 0.2) is 53.6 Å². The van der Waals surface area contributed by atoms with Crippen LogP contribution >= 0.6 is 0 Å². The first kappa shape index (κ1) is 20.1. The Kier molecular flexibility index (Phi) is 5.40. The van der Waals surface area contributed by atoms with E-state index >= 15 is 0 Å². The number of fused-ring (bicyclic) bond motifs is 2. The number of nitrogens with zero attached hydrogens (tertiary/aromatic N) is 2. The van der Waals surface area contributed by atoms with Crippen LogP contribution in [-0.2, 0) is 4.79 Å². The van der Waals surface area contributed by atoms with Gasteiger partial charge in [0.1, 0.15) is 5.75 Å². The van der Waals surface area contributed by atoms with E-state index in [0.29, 0.717) is 11.5 Å². The summed E-state index contributed by atoms with van der Waals surface area (Å²) in [6, 6.07) is 14.2. The van der Waals surface area contributed by atoms with Crippen LogP contribution in [0.4, 0.5) is 5.69 Å². The molecule has 31 heavy (non-hydrogen) atoms. The van der Waals surface area contributed by atoms with Gasteiger partial charge in [0, 0.05) is 0 Å². The number of nitro groups is 1. The molecule has 0 spiro atoms. The fraction of sp³-hybridized carbons (Fsp3) is 0.182. The van der Waals surface area contributed by atoms with E-state index < -0.39 is 10.8 Å². The van der Waals surface area contributed by atoms with E-state index in [1.807, 2.05) is 36.4 Å². The van der Waals surface area contributed by atoms with Gasteiger partial charge in [-0.1, -0.05) is 24.3 Å². The molecule has 0 radical (unpaired) electrons. The van der Waals surface area contributed by atoms with Gasteiger partial charge in [0.2, 0.25) is 12.7 Å². The minimum atomic E-state index is -0.544. The number of amides is 1. The van der Waals surface area contributed by atoms with Crippen LogP contribution in [0.5, 0.6) is 17.2 Å². The molecule has 0 saturated heterocycles. The summed E-state index contributed by atoms with van der Waals surface area (Å²) >= 11 is 0. The SMILES string of the molecule is COc1ccc2cc(C(C)C(=O)NN=Cc3cc4c(cc3[N+](=O)[O-])OCO4)ccc2c1. The Morgan fingerprint density at radius 2 is 1.87 bits per heavy atom. The second-order valence-corrected chi connectivity index (χ2v) is 6.95. The molecule has 1 aliphatic rings. The van der Waals surface area contributed by atoms with Crippen molar-refractivity contribution in [3.8, 4) is 17.2 Å². The molecule has 1 heterocycles. The third-order valence-electron chi connectivity index (χ3n) is 5.06. The maximum atomic E-state index is 12.6. The van der Waals surface area contributed by atoms with Crippen molar-refractivity contribution >= 4 is 28.6 Å². The summed E-state index contributed by atoms with van der Waals surface area (Å²) in [5.74, 6) is 0.635. The summed E-state index contributed by atoms with van der Waals surface area (Å²) in [4.78, 5) is 23.3. The molecule has 158 valence electrons. The number of nitrogens with one attached hydrogen (secondary N) is 1. The summed E-state index contributed by atoms with van der Waals surface area (Å²) in [7, 11) is 1.61. The van der Waals surface area contributed by atoms with Crippen molar-refractivity contribution < 1.29 is 23.9 Å². The lowest BCUT2D eigenvalue weighted by Gasteiger charge is -2.11. The molecule has 1 unspecified atom stereocenters. The summed E-state index contributed by atoms with van der Waals surface area (Å²) in [6.45, 7) is 1.76. The van der Waals surface area contributed by atoms with Crippen LogP contribution in [-0.4, -0.2) is 30.9 Å². The van der Waals surface area contributed by atoms with Crippen molar-refractivity contribution in [2.75, 3.05) is 13.9 Å². The Hall–Kier alpha value is -4.14. The number of rotatable bonds is 6. The van der Waals surface area contributed by atoms with Gasteiger partial charge in [-0.3, -0.25) is 14.9 Å². The predicted octanol–water partition coefficient (Wildman–Crippen LogP) is 3.74. The molecule has 0 fully saturated rings. The largest absolute Gasteiger partial charge is 0.497 e. The van der Waals surface area contributed by atoms with E-state index in [0.717, 1.165) is 22.1 Å². The van der Waals surface area contributed by atoms with Gasteiger partial charge in [-0.15, -0.1) is 0 Å². The minimum absolute atomic E-state index is 0.000125. The van der Waals surface area contributed by atoms with Gasteiger partial charge in [-0.25, -0.2) is 5.43 Å². The van der Waals surface area contributed by atoms with Gasteiger partial charge in [0.25, 0.3) is 5.69 Å². The van der Waals surface area contributed by atoms with E-state index in [1.165, 1.54) is 18.3 Å². The maximum Gasteiger partial charge on any atom is 0.282 e. The van der Waals surface area contributed by atoms with Crippen LogP contribution in [0.2, 0.25) is 0 Å². The second kappa shape index (κ2) is 8.31. The molecule has 0 aliphatic carbocycles. The maximum absolute atomic E-state index is 12.6. The molecule has 0 saturated carbocycles. The molecule has 3 aromatic rings. The first-order valence-electron chi connectivity index (χ1n) is 9.45. The highest BCUT2D eigenvalue weighted by molar-refractivity contribution is 5.90. The Balaban J connectivity index is 1.49. The first-order chi connectivity index (χ1) is 15.0. The van der Waals surface area contributed by atoms with E-state index in [1.54, 1.807) is 14.0 Å². The molecule has 0 aromatic heterocycles. The van der Waals surface area contributed by atoms with Crippen LogP contribution in [0.3, 0.4) is 0 Å². The third kappa shape index (κ3) is 4.11. The molecule has 1 atom stereocenters. The summed E-state index contributed by atoms with van der Waals surface area (Å²) in [5, 5.41) is 17.2. The van der Waals surface area contributed by atoms with Crippen LogP contribution in [0, 0.1) is 10.1 Å². The quantitative estimate of drug-likeness (QED) is 0.369. The van der Waals surface area contributed by atoms with Crippen molar-refractivity contribution in [3.63, 3.8) is 0 Å². The van der Waals surface area contributed by atoms with Gasteiger partial charge < -0.3 is 14.2 Å². The zero-order valence-electron chi connectivity index (χ0n) is 16.8. The molecule has 3 aromatic carbocycles. The smallest absolute Gasteiger partial charge is 0.282 e. The fourth-order valence-corrected chi connectivity index (χ4v) is 3.26. The topological polar surface area (TPSA) is 112 Å². The third-order valence-corrected chi connectivity index (χ3v) is 5.06. The normalized spacial score (nSPS) is 13.4. The number of benzene rings is 3. The second-order valence-electron chi connectivity index (χ2n) is 6.95. The molecule has 9 heteroatoms. The highest BCUT2D eigenvalue weighted by Crippen LogP contribution is 2.37. The van der Waals surface area contributed by atoms with Gasteiger partial charge >= 0.3 is 0 Å². The summed E-state index contributed by atoms with van der Waals surface area (Å²) < 4.78 is 15.6. The monoisotopic (exact) mass is 421 g/mol. The highest BCUT2D eigenvalue weighted by Gasteiger charge is 2.22. The molecule has 1 aliphatic heterocycles. The van der Waals surface area contributed by atoms with Crippen molar-refractivity contribution in [2.45, 2.75) is 12.8 Å². The van der Waals surface area contributed by atoms with Crippen LogP contribution in [0.1, 0.15) is 24.0 Å². The zero-order valence-corrected chi connectivity index (χ0v) is 16.8. The number of ether oxygens (including phenoxy) is 3. The number of carbonyl (C=O) groups excluding carboxylic acids is 1. The van der Waals surface area contributed by atoms with Crippen molar-refractivity contribution in [3.05, 3.63) is 69.8 Å². The molecule has 0 bridgehead atoms. The minimum Gasteiger partial charge on any atom is -0.497 e. The molecular weight excluding hydrogens is 402 g/mol. The number of hydrazone groups is 1. The van der Waals surface area contributed by atoms with E-state index in [2.05, 4.69) is 10.5 Å². The van der Waals surface area contributed by atoms with Gasteiger partial charge in [0.05, 0.1) is 35.8 Å². The molecular formula is C22H19N3O6. The number of carbonyl (C=O) groups is 1. The van der Waals surface area contributed by atoms with Gasteiger partial charge in [-0.2, -0.15) is 5.10 Å². The van der Waals surface area contributed by atoms with Crippen molar-refractivity contribution in [2.24, 2.45) is 5.10 Å². The number of methoxy groups -OCH3 is 1. The number of nitro benzene ring substituents is 1. The molecule has 9 nitrogen and oxygen atoms in total. The zero-order chi connectivity index (χ0) is 22.0. The lowest BCUT2D eigenvalue weighted by molar-refractivity contribution is -0.385. The highest BCUT2D eigenvalue weighted by atomic mass is 16.7. The summed E-state index contributed by atoms with van der Waals surface area (Å²) in [5.41, 5.74) is 3.27. The van der Waals surface area contributed by atoms with Crippen LogP contribution < -0.4 is 19.6 Å². The van der Waals surface area contributed by atoms with Crippen molar-refractivity contribution in [1.82, 2.24) is 5.43 Å². The number of hydrogen-bond donors (Lipinski definition) is 1. The Labute approximate surface area is 177 Å². The standard InChI is InChI=1S/C22H19N3O6/c1-13(14-3-4-16-8-18(29-2)6-5-15(16)7-14)22(26)24-23-11-17-9-20-21(31-12-30-20)10-19(17)25(27)28/h3-11,13H,12H2,1-2H3,(H,24,26). The molecule has 1 N–H and O–H groups in total. The average Bonchev–Trinajstić information content (AvgIpc) is 3.24. The van der Waals surface area contributed by atoms with E-state index in [4.69, 9.17) is 14.2 Å².